The van der Waals surface area contributed by atoms with Gasteiger partial charge < -0.3 is 19.3 Å². The van der Waals surface area contributed by atoms with Crippen molar-refractivity contribution in [2.75, 3.05) is 33.0 Å². The molecular weight excluding hydrogens is 332 g/mol. The summed E-state index contributed by atoms with van der Waals surface area (Å²) in [5.74, 6) is 2.28. The van der Waals surface area contributed by atoms with Gasteiger partial charge in [-0.2, -0.15) is 0 Å². The number of ether oxygens (including phenoxy) is 2. The van der Waals surface area contributed by atoms with E-state index in [2.05, 4.69) is 0 Å². The zero-order chi connectivity index (χ0) is 17.9. The van der Waals surface area contributed by atoms with Crippen molar-refractivity contribution in [3.8, 4) is 11.5 Å². The zero-order valence-electron chi connectivity index (χ0n) is 15.1. The van der Waals surface area contributed by atoms with Crippen molar-refractivity contribution in [3.63, 3.8) is 0 Å². The molecule has 0 aromatic heterocycles. The van der Waals surface area contributed by atoms with E-state index >= 15 is 0 Å². The van der Waals surface area contributed by atoms with Crippen molar-refractivity contribution >= 4 is 11.8 Å². The SMILES string of the molecule is O=C(CCC1CCCC1)N1CCN(C(=O)c2ccc3c(c2)OCO3)CC1. The van der Waals surface area contributed by atoms with Crippen LogP contribution in [0.3, 0.4) is 0 Å². The van der Waals surface area contributed by atoms with E-state index in [-0.39, 0.29) is 18.6 Å². The number of hydrogen-bond donors (Lipinski definition) is 0. The monoisotopic (exact) mass is 358 g/mol. The Labute approximate surface area is 154 Å². The summed E-state index contributed by atoms with van der Waals surface area (Å²) in [6.45, 7) is 2.62. The van der Waals surface area contributed by atoms with Gasteiger partial charge >= 0.3 is 0 Å². The highest BCUT2D eigenvalue weighted by Gasteiger charge is 2.26. The van der Waals surface area contributed by atoms with E-state index in [1.54, 1.807) is 18.2 Å². The second-order valence-corrected chi connectivity index (χ2v) is 7.43. The van der Waals surface area contributed by atoms with E-state index in [0.29, 0.717) is 49.7 Å². The number of amides is 2. The Morgan fingerprint density at radius 2 is 1.65 bits per heavy atom. The van der Waals surface area contributed by atoms with Crippen LogP contribution in [0.5, 0.6) is 11.5 Å². The summed E-state index contributed by atoms with van der Waals surface area (Å²) < 4.78 is 10.6. The Balaban J connectivity index is 1.27. The largest absolute Gasteiger partial charge is 0.454 e. The van der Waals surface area contributed by atoms with Crippen LogP contribution in [0.1, 0.15) is 48.9 Å². The molecule has 3 aliphatic rings. The minimum atomic E-state index is -0.0126. The van der Waals surface area contributed by atoms with Gasteiger partial charge in [0.2, 0.25) is 12.7 Å². The topological polar surface area (TPSA) is 59.1 Å². The van der Waals surface area contributed by atoms with Gasteiger partial charge in [0.05, 0.1) is 0 Å². The Hall–Kier alpha value is -2.24. The molecule has 1 saturated carbocycles. The minimum Gasteiger partial charge on any atom is -0.454 e. The molecule has 1 saturated heterocycles. The number of rotatable bonds is 4. The van der Waals surface area contributed by atoms with Gasteiger partial charge in [-0.05, 0) is 30.5 Å². The molecule has 26 heavy (non-hydrogen) atoms. The van der Waals surface area contributed by atoms with Crippen molar-refractivity contribution in [1.82, 2.24) is 9.80 Å². The van der Waals surface area contributed by atoms with Crippen molar-refractivity contribution in [1.29, 1.82) is 0 Å². The van der Waals surface area contributed by atoms with Crippen molar-refractivity contribution in [2.24, 2.45) is 5.92 Å². The van der Waals surface area contributed by atoms with E-state index in [9.17, 15) is 9.59 Å². The second kappa shape index (κ2) is 7.56. The Morgan fingerprint density at radius 1 is 0.962 bits per heavy atom. The lowest BCUT2D eigenvalue weighted by molar-refractivity contribution is -0.133. The standard InChI is InChI=1S/C20H26N2O4/c23-19(8-5-15-3-1-2-4-15)21-9-11-22(12-10-21)20(24)16-6-7-17-18(13-16)26-14-25-17/h6-7,13,15H,1-5,8-12,14H2. The molecule has 0 N–H and O–H groups in total. The third-order valence-electron chi connectivity index (χ3n) is 5.78. The molecular formula is C20H26N2O4. The molecule has 2 amide bonds. The summed E-state index contributed by atoms with van der Waals surface area (Å²) in [6.07, 6.45) is 6.88. The second-order valence-electron chi connectivity index (χ2n) is 7.43. The summed E-state index contributed by atoms with van der Waals surface area (Å²) in [4.78, 5) is 28.9. The van der Waals surface area contributed by atoms with Crippen molar-refractivity contribution in [2.45, 2.75) is 38.5 Å². The fourth-order valence-electron chi connectivity index (χ4n) is 4.16. The third-order valence-corrected chi connectivity index (χ3v) is 5.78. The molecule has 6 nitrogen and oxygen atoms in total. The third kappa shape index (κ3) is 3.64. The maximum absolute atomic E-state index is 12.7. The molecule has 1 aromatic rings. The number of carbonyl (C=O) groups is 2. The van der Waals surface area contributed by atoms with Gasteiger partial charge in [-0.1, -0.05) is 25.7 Å². The molecule has 0 atom stereocenters. The lowest BCUT2D eigenvalue weighted by Crippen LogP contribution is -2.50. The number of benzene rings is 1. The first-order chi connectivity index (χ1) is 12.7. The molecule has 0 spiro atoms. The zero-order valence-corrected chi connectivity index (χ0v) is 15.1. The summed E-state index contributed by atoms with van der Waals surface area (Å²) in [6, 6.07) is 5.29. The molecule has 6 heteroatoms. The Kier molecular flexibility index (Phi) is 5.00. The highest BCUT2D eigenvalue weighted by atomic mass is 16.7. The first kappa shape index (κ1) is 17.2. The maximum Gasteiger partial charge on any atom is 0.254 e. The molecule has 2 heterocycles. The van der Waals surface area contributed by atoms with Crippen LogP contribution in [0, 0.1) is 5.92 Å². The van der Waals surface area contributed by atoms with Crippen LogP contribution in [0.4, 0.5) is 0 Å². The van der Waals surface area contributed by atoms with E-state index in [4.69, 9.17) is 9.47 Å². The van der Waals surface area contributed by atoms with Gasteiger partial charge in [0.25, 0.3) is 5.91 Å². The fourth-order valence-corrected chi connectivity index (χ4v) is 4.16. The average Bonchev–Trinajstić information content (AvgIpc) is 3.36. The summed E-state index contributed by atoms with van der Waals surface area (Å²) in [5.41, 5.74) is 0.607. The summed E-state index contributed by atoms with van der Waals surface area (Å²) >= 11 is 0. The highest BCUT2D eigenvalue weighted by Crippen LogP contribution is 2.33. The number of nitrogens with zero attached hydrogens (tertiary/aromatic N) is 2. The van der Waals surface area contributed by atoms with E-state index in [1.165, 1.54) is 25.7 Å². The van der Waals surface area contributed by atoms with Crippen LogP contribution in [-0.4, -0.2) is 54.6 Å². The number of piperazine rings is 1. The number of hydrogen-bond acceptors (Lipinski definition) is 4. The molecule has 1 aromatic carbocycles. The maximum atomic E-state index is 12.7. The normalized spacial score (nSPS) is 19.8. The van der Waals surface area contributed by atoms with Crippen LogP contribution in [0.15, 0.2) is 18.2 Å². The molecule has 2 fully saturated rings. The van der Waals surface area contributed by atoms with Crippen LogP contribution in [0.2, 0.25) is 0 Å². The quantitative estimate of drug-likeness (QED) is 0.830. The lowest BCUT2D eigenvalue weighted by atomic mass is 10.0. The first-order valence-corrected chi connectivity index (χ1v) is 9.67. The minimum absolute atomic E-state index is 0.0126. The molecule has 0 radical (unpaired) electrons. The van der Waals surface area contributed by atoms with Gasteiger partial charge in [-0.3, -0.25) is 9.59 Å². The molecule has 0 bridgehead atoms. The van der Waals surface area contributed by atoms with Gasteiger partial charge in [-0.15, -0.1) is 0 Å². The smallest absolute Gasteiger partial charge is 0.254 e. The van der Waals surface area contributed by atoms with Crippen molar-refractivity contribution in [3.05, 3.63) is 23.8 Å². The molecule has 2 aliphatic heterocycles. The van der Waals surface area contributed by atoms with Gasteiger partial charge in [0.15, 0.2) is 11.5 Å². The van der Waals surface area contributed by atoms with Crippen LogP contribution in [-0.2, 0) is 4.79 Å². The van der Waals surface area contributed by atoms with Gasteiger partial charge in [0, 0.05) is 38.2 Å². The Bertz CT molecular complexity index is 676. The van der Waals surface area contributed by atoms with Crippen LogP contribution < -0.4 is 9.47 Å². The molecule has 0 unspecified atom stereocenters. The van der Waals surface area contributed by atoms with Gasteiger partial charge in [-0.25, -0.2) is 0 Å². The number of fused-ring (bicyclic) bond motifs is 1. The van der Waals surface area contributed by atoms with E-state index < -0.39 is 0 Å². The summed E-state index contributed by atoms with van der Waals surface area (Å²) in [7, 11) is 0. The predicted molar refractivity (Wildman–Crippen MR) is 96.2 cm³/mol. The molecule has 4 rings (SSSR count). The van der Waals surface area contributed by atoms with Crippen LogP contribution >= 0.6 is 0 Å². The molecule has 1 aliphatic carbocycles. The van der Waals surface area contributed by atoms with Crippen LogP contribution in [0.25, 0.3) is 0 Å². The highest BCUT2D eigenvalue weighted by molar-refractivity contribution is 5.95. The lowest BCUT2D eigenvalue weighted by Gasteiger charge is -2.35. The van der Waals surface area contributed by atoms with Gasteiger partial charge in [0.1, 0.15) is 0 Å². The molecule has 140 valence electrons. The number of carbonyl (C=O) groups excluding carboxylic acids is 2. The summed E-state index contributed by atoms with van der Waals surface area (Å²) in [5, 5.41) is 0. The van der Waals surface area contributed by atoms with Crippen molar-refractivity contribution < 1.29 is 19.1 Å². The average molecular weight is 358 g/mol. The van der Waals surface area contributed by atoms with E-state index in [1.807, 2.05) is 9.80 Å². The fraction of sp³-hybridized carbons (Fsp3) is 0.600. The first-order valence-electron chi connectivity index (χ1n) is 9.67. The predicted octanol–water partition coefficient (Wildman–Crippen LogP) is 2.67. The van der Waals surface area contributed by atoms with E-state index in [0.717, 1.165) is 12.3 Å². The Morgan fingerprint density at radius 3 is 2.42 bits per heavy atom.